The van der Waals surface area contributed by atoms with Crippen molar-refractivity contribution in [2.45, 2.75) is 24.4 Å². The van der Waals surface area contributed by atoms with Gasteiger partial charge in [-0.3, -0.25) is 0 Å². The molecule has 2 aliphatic heterocycles. The number of benzene rings is 2. The number of pyridine rings is 1. The van der Waals surface area contributed by atoms with Crippen molar-refractivity contribution in [1.29, 1.82) is 0 Å². The van der Waals surface area contributed by atoms with Gasteiger partial charge in [0.25, 0.3) is 0 Å². The summed E-state index contributed by atoms with van der Waals surface area (Å²) in [4.78, 5) is 7.63. The van der Waals surface area contributed by atoms with Crippen LogP contribution < -0.4 is 9.47 Å². The van der Waals surface area contributed by atoms with Crippen LogP contribution in [0, 0.1) is 5.82 Å². The molecule has 0 aliphatic carbocycles. The average Bonchev–Trinajstić information content (AvgIpc) is 3.60. The van der Waals surface area contributed by atoms with Crippen molar-refractivity contribution in [2.75, 3.05) is 33.5 Å². The Balaban J connectivity index is 1.20. The maximum atomic E-state index is 15.0. The molecule has 0 amide bonds. The Kier molecular flexibility index (Phi) is 6.52. The smallest absolute Gasteiger partial charge is 0.193 e. The number of ether oxygens (including phenoxy) is 5. The third kappa shape index (κ3) is 4.78. The number of nitrogens with zero attached hydrogens (tertiary/aromatic N) is 1. The van der Waals surface area contributed by atoms with Crippen molar-refractivity contribution >= 4 is 11.0 Å². The fourth-order valence-electron chi connectivity index (χ4n) is 4.81. The number of nitrogens with one attached hydrogen (secondary N) is 1. The van der Waals surface area contributed by atoms with Crippen LogP contribution in [0.4, 0.5) is 4.39 Å². The third-order valence-electron chi connectivity index (χ3n) is 6.67. The Bertz CT molecular complexity index is 1390. The number of methoxy groups -OCH3 is 1. The van der Waals surface area contributed by atoms with Crippen LogP contribution in [0.5, 0.6) is 11.6 Å². The van der Waals surface area contributed by atoms with E-state index in [1.807, 2.05) is 48.5 Å². The van der Waals surface area contributed by atoms with Gasteiger partial charge in [-0.05, 0) is 23.3 Å². The molecule has 4 atom stereocenters. The molecule has 2 saturated heterocycles. The van der Waals surface area contributed by atoms with Crippen LogP contribution in [0.25, 0.3) is 33.4 Å². The van der Waals surface area contributed by atoms with Gasteiger partial charge in [-0.1, -0.05) is 36.4 Å². The van der Waals surface area contributed by atoms with Gasteiger partial charge in [-0.25, -0.2) is 9.37 Å². The molecule has 0 saturated carbocycles. The van der Waals surface area contributed by atoms with E-state index in [-0.39, 0.29) is 30.6 Å². The van der Waals surface area contributed by atoms with Gasteiger partial charge in [-0.2, -0.15) is 0 Å². The lowest BCUT2D eigenvalue weighted by Crippen LogP contribution is -2.34. The molecule has 0 radical (unpaired) electrons. The minimum absolute atomic E-state index is 0.227. The number of aromatic nitrogens is 2. The van der Waals surface area contributed by atoms with Gasteiger partial charge >= 0.3 is 0 Å². The summed E-state index contributed by atoms with van der Waals surface area (Å²) < 4.78 is 43.0. The second-order valence-corrected chi connectivity index (χ2v) is 9.15. The molecule has 1 unspecified atom stereocenters. The van der Waals surface area contributed by atoms with E-state index in [0.717, 1.165) is 16.9 Å². The molecule has 4 aromatic rings. The highest BCUT2D eigenvalue weighted by molar-refractivity contribution is 5.81. The molecular formula is C28H27FN2O6. The first-order chi connectivity index (χ1) is 18.1. The number of halogens is 1. The van der Waals surface area contributed by atoms with Crippen LogP contribution in [0.1, 0.15) is 0 Å². The molecule has 6 rings (SSSR count). The number of hydrogen-bond donors (Lipinski definition) is 2. The minimum Gasteiger partial charge on any atom is -0.491 e. The Morgan fingerprint density at radius 1 is 0.973 bits per heavy atom. The quantitative estimate of drug-likeness (QED) is 0.349. The van der Waals surface area contributed by atoms with Gasteiger partial charge in [0.2, 0.25) is 0 Å². The Morgan fingerprint density at radius 3 is 2.62 bits per heavy atom. The molecule has 2 N–H and O–H groups in total. The summed E-state index contributed by atoms with van der Waals surface area (Å²) in [5.74, 6) is 0.771. The van der Waals surface area contributed by atoms with Gasteiger partial charge < -0.3 is 33.8 Å². The van der Waals surface area contributed by atoms with Crippen LogP contribution in [0.3, 0.4) is 0 Å². The molecule has 4 heterocycles. The highest BCUT2D eigenvalue weighted by atomic mass is 19.1. The highest BCUT2D eigenvalue weighted by Crippen LogP contribution is 2.33. The molecule has 192 valence electrons. The number of rotatable bonds is 8. The van der Waals surface area contributed by atoms with Crippen molar-refractivity contribution in [3.8, 4) is 34.0 Å². The largest absolute Gasteiger partial charge is 0.491 e. The Labute approximate surface area is 212 Å². The normalized spacial score (nSPS) is 22.9. The second-order valence-electron chi connectivity index (χ2n) is 9.15. The number of fused-ring (bicyclic) bond motifs is 2. The first-order valence-electron chi connectivity index (χ1n) is 12.2. The monoisotopic (exact) mass is 506 g/mol. The van der Waals surface area contributed by atoms with Crippen LogP contribution in [0.15, 0.2) is 60.7 Å². The van der Waals surface area contributed by atoms with E-state index >= 15 is 4.39 Å². The van der Waals surface area contributed by atoms with Crippen LogP contribution in [-0.4, -0.2) is 73.0 Å². The zero-order valence-corrected chi connectivity index (χ0v) is 20.2. The maximum Gasteiger partial charge on any atom is 0.193 e. The number of aliphatic hydroxyl groups is 1. The summed E-state index contributed by atoms with van der Waals surface area (Å²) in [6.45, 7) is 1.53. The van der Waals surface area contributed by atoms with E-state index in [2.05, 4.69) is 9.97 Å². The molecule has 2 aromatic heterocycles. The topological polar surface area (TPSA) is 95.1 Å². The minimum atomic E-state index is -0.649. The zero-order chi connectivity index (χ0) is 25.4. The lowest BCUT2D eigenvalue weighted by molar-refractivity contribution is 0.00794. The van der Waals surface area contributed by atoms with Gasteiger partial charge in [0, 0.05) is 24.8 Å². The summed E-state index contributed by atoms with van der Waals surface area (Å²) in [5.41, 5.74) is 4.01. The van der Waals surface area contributed by atoms with E-state index in [4.69, 9.17) is 23.7 Å². The van der Waals surface area contributed by atoms with E-state index < -0.39 is 11.9 Å². The summed E-state index contributed by atoms with van der Waals surface area (Å²) in [6, 6.07) is 18.5. The summed E-state index contributed by atoms with van der Waals surface area (Å²) in [7, 11) is 1.64. The third-order valence-corrected chi connectivity index (χ3v) is 6.67. The Hall–Kier alpha value is -3.50. The van der Waals surface area contributed by atoms with Crippen molar-refractivity contribution < 1.29 is 33.2 Å². The van der Waals surface area contributed by atoms with Gasteiger partial charge in [0.1, 0.15) is 36.4 Å². The van der Waals surface area contributed by atoms with E-state index in [0.29, 0.717) is 42.3 Å². The standard InChI is InChI=1S/C28H27FN2O6/c1-33-9-10-34-19-4-2-3-18(11-19)16-5-7-17(8-6-16)26-20(29)12-21-22(31-26)13-25(30-21)37-24-15-36-27-23(32)14-35-28(24)27/h2-8,11-13,23-24,27-28,30,32H,9-10,14-15H2,1H3/t23-,24-,27-,28?/m1/s1. The molecule has 2 aromatic carbocycles. The summed E-state index contributed by atoms with van der Waals surface area (Å²) in [6.07, 6.45) is -1.73. The zero-order valence-electron chi connectivity index (χ0n) is 20.2. The molecule has 9 heteroatoms. The van der Waals surface area contributed by atoms with Crippen molar-refractivity contribution in [3.63, 3.8) is 0 Å². The van der Waals surface area contributed by atoms with Crippen molar-refractivity contribution in [1.82, 2.24) is 9.97 Å². The number of hydrogen-bond acceptors (Lipinski definition) is 7. The van der Waals surface area contributed by atoms with Crippen molar-refractivity contribution in [2.24, 2.45) is 0 Å². The van der Waals surface area contributed by atoms with Crippen LogP contribution in [-0.2, 0) is 14.2 Å². The molecule has 2 fully saturated rings. The van der Waals surface area contributed by atoms with E-state index in [1.165, 1.54) is 6.07 Å². The van der Waals surface area contributed by atoms with E-state index in [9.17, 15) is 5.11 Å². The highest BCUT2D eigenvalue weighted by Gasteiger charge is 2.48. The predicted octanol–water partition coefficient (Wildman–Crippen LogP) is 3.97. The lowest BCUT2D eigenvalue weighted by atomic mass is 10.0. The van der Waals surface area contributed by atoms with Crippen LogP contribution >= 0.6 is 0 Å². The lowest BCUT2D eigenvalue weighted by Gasteiger charge is -2.16. The van der Waals surface area contributed by atoms with E-state index in [1.54, 1.807) is 13.2 Å². The Morgan fingerprint density at radius 2 is 1.78 bits per heavy atom. The fraction of sp³-hybridized carbons (Fsp3) is 0.321. The predicted molar refractivity (Wildman–Crippen MR) is 134 cm³/mol. The molecule has 8 nitrogen and oxygen atoms in total. The first kappa shape index (κ1) is 23.9. The molecular weight excluding hydrogens is 479 g/mol. The molecule has 0 bridgehead atoms. The molecule has 2 aliphatic rings. The average molecular weight is 507 g/mol. The molecule has 37 heavy (non-hydrogen) atoms. The maximum absolute atomic E-state index is 15.0. The molecule has 0 spiro atoms. The number of aliphatic hydroxyl groups excluding tert-OH is 1. The first-order valence-corrected chi connectivity index (χ1v) is 12.2. The summed E-state index contributed by atoms with van der Waals surface area (Å²) >= 11 is 0. The number of aromatic amines is 1. The van der Waals surface area contributed by atoms with Gasteiger partial charge in [-0.15, -0.1) is 0 Å². The van der Waals surface area contributed by atoms with Crippen molar-refractivity contribution in [3.05, 3.63) is 66.5 Å². The fourth-order valence-corrected chi connectivity index (χ4v) is 4.81. The number of H-pyrrole nitrogens is 1. The van der Waals surface area contributed by atoms with Crippen LogP contribution in [0.2, 0.25) is 0 Å². The summed E-state index contributed by atoms with van der Waals surface area (Å²) in [5, 5.41) is 9.93. The van der Waals surface area contributed by atoms with Gasteiger partial charge in [0.15, 0.2) is 17.8 Å². The van der Waals surface area contributed by atoms with Gasteiger partial charge in [0.05, 0.1) is 30.9 Å². The second kappa shape index (κ2) is 10.1. The SMILES string of the molecule is COCCOc1cccc(-c2ccc(-c3nc4cc(O[C@@H]5CO[C@H]6C5OC[C@H]6O)[nH]c4cc3F)cc2)c1.